The van der Waals surface area contributed by atoms with E-state index in [4.69, 9.17) is 0 Å². The van der Waals surface area contributed by atoms with Crippen molar-refractivity contribution >= 4 is 27.7 Å². The number of aromatic amines is 1. The average molecular weight is 287 g/mol. The van der Waals surface area contributed by atoms with Crippen molar-refractivity contribution in [3.63, 3.8) is 0 Å². The summed E-state index contributed by atoms with van der Waals surface area (Å²) in [6.07, 6.45) is 0. The molecule has 0 saturated carbocycles. The summed E-state index contributed by atoms with van der Waals surface area (Å²) < 4.78 is 4.20. The average Bonchev–Trinajstić information content (AvgIpc) is 3.01. The van der Waals surface area contributed by atoms with Crippen LogP contribution in [0.4, 0.5) is 5.13 Å². The van der Waals surface area contributed by atoms with E-state index in [1.807, 2.05) is 31.2 Å². The van der Waals surface area contributed by atoms with Crippen molar-refractivity contribution in [3.8, 4) is 0 Å². The van der Waals surface area contributed by atoms with E-state index in [9.17, 15) is 0 Å². The molecule has 1 aromatic carbocycles. The van der Waals surface area contributed by atoms with Gasteiger partial charge in [0.2, 0.25) is 5.13 Å². The normalized spacial score (nSPS) is 13.0. The Morgan fingerprint density at radius 2 is 2.00 bits per heavy atom. The maximum absolute atomic E-state index is 4.68. The van der Waals surface area contributed by atoms with Crippen LogP contribution in [-0.2, 0) is 0 Å². The molecule has 2 aromatic heterocycles. The van der Waals surface area contributed by atoms with E-state index >= 15 is 0 Å². The van der Waals surface area contributed by atoms with Gasteiger partial charge in [0.1, 0.15) is 11.6 Å². The van der Waals surface area contributed by atoms with Crippen molar-refractivity contribution in [1.29, 1.82) is 0 Å². The lowest BCUT2D eigenvalue weighted by Crippen LogP contribution is -2.18. The van der Waals surface area contributed by atoms with E-state index in [1.54, 1.807) is 0 Å². The van der Waals surface area contributed by atoms with Crippen molar-refractivity contribution in [2.45, 2.75) is 26.8 Å². The number of hydrogen-bond acceptors (Lipinski definition) is 5. The van der Waals surface area contributed by atoms with Crippen LogP contribution in [0.2, 0.25) is 0 Å². The molecule has 6 heteroatoms. The first kappa shape index (κ1) is 13.1. The lowest BCUT2D eigenvalue weighted by molar-refractivity contribution is 0.526. The van der Waals surface area contributed by atoms with Crippen molar-refractivity contribution < 1.29 is 0 Å². The number of H-pyrrole nitrogens is 1. The minimum atomic E-state index is 0.0924. The fraction of sp³-hybridized carbons (Fsp3) is 0.357. The zero-order valence-corrected chi connectivity index (χ0v) is 12.5. The van der Waals surface area contributed by atoms with Crippen LogP contribution in [-0.4, -0.2) is 19.3 Å². The number of imidazole rings is 1. The van der Waals surface area contributed by atoms with Gasteiger partial charge in [-0.25, -0.2) is 9.97 Å². The third-order valence-electron chi connectivity index (χ3n) is 3.18. The molecule has 2 N–H and O–H groups in total. The fourth-order valence-corrected chi connectivity index (χ4v) is 2.77. The molecule has 5 nitrogen and oxygen atoms in total. The monoisotopic (exact) mass is 287 g/mol. The van der Waals surface area contributed by atoms with Crippen LogP contribution >= 0.6 is 11.5 Å². The van der Waals surface area contributed by atoms with Gasteiger partial charge in [0.25, 0.3) is 0 Å². The molecule has 0 spiro atoms. The number of fused-ring (bicyclic) bond motifs is 1. The minimum absolute atomic E-state index is 0.0924. The number of aromatic nitrogens is 4. The van der Waals surface area contributed by atoms with Gasteiger partial charge in [0.05, 0.1) is 17.1 Å². The molecule has 3 rings (SSSR count). The molecule has 0 unspecified atom stereocenters. The number of benzene rings is 1. The highest BCUT2D eigenvalue weighted by Gasteiger charge is 2.20. The van der Waals surface area contributed by atoms with Crippen LogP contribution in [0.1, 0.15) is 31.5 Å². The summed E-state index contributed by atoms with van der Waals surface area (Å²) in [7, 11) is 0. The lowest BCUT2D eigenvalue weighted by Gasteiger charge is -2.19. The van der Waals surface area contributed by atoms with E-state index < -0.39 is 0 Å². The second-order valence-corrected chi connectivity index (χ2v) is 5.90. The summed E-state index contributed by atoms with van der Waals surface area (Å²) in [5, 5.41) is 4.26. The molecule has 104 valence electrons. The van der Waals surface area contributed by atoms with Crippen LogP contribution in [0.3, 0.4) is 0 Å². The Morgan fingerprint density at radius 1 is 1.20 bits per heavy atom. The molecule has 0 aliphatic carbocycles. The quantitative estimate of drug-likeness (QED) is 0.770. The molecule has 0 bridgehead atoms. The SMILES string of the molecule is Cc1nsc(N[C@H](c2nc3ccccc3[nH]2)C(C)C)n1. The Kier molecular flexibility index (Phi) is 3.40. The minimum Gasteiger partial charge on any atom is -0.350 e. The molecular formula is C14H17N5S. The topological polar surface area (TPSA) is 66.5 Å². The highest BCUT2D eigenvalue weighted by Crippen LogP contribution is 2.27. The maximum Gasteiger partial charge on any atom is 0.203 e. The highest BCUT2D eigenvalue weighted by atomic mass is 32.1. The molecule has 0 radical (unpaired) electrons. The van der Waals surface area contributed by atoms with Gasteiger partial charge in [-0.15, -0.1) is 0 Å². The predicted molar refractivity (Wildman–Crippen MR) is 81.9 cm³/mol. The number of anilines is 1. The molecule has 0 aliphatic heterocycles. The second-order valence-electron chi connectivity index (χ2n) is 5.15. The third-order valence-corrected chi connectivity index (χ3v) is 3.91. The van der Waals surface area contributed by atoms with Gasteiger partial charge in [-0.1, -0.05) is 26.0 Å². The zero-order chi connectivity index (χ0) is 14.1. The number of aryl methyl sites for hydroxylation is 1. The van der Waals surface area contributed by atoms with Gasteiger partial charge in [-0.05, 0) is 25.0 Å². The summed E-state index contributed by atoms with van der Waals surface area (Å²) in [4.78, 5) is 12.4. The van der Waals surface area contributed by atoms with Crippen molar-refractivity contribution in [2.24, 2.45) is 5.92 Å². The summed E-state index contributed by atoms with van der Waals surface area (Å²) in [6.45, 7) is 6.23. The van der Waals surface area contributed by atoms with E-state index in [1.165, 1.54) is 11.5 Å². The lowest BCUT2D eigenvalue weighted by atomic mass is 10.0. The number of para-hydroxylation sites is 2. The Balaban J connectivity index is 1.93. The zero-order valence-electron chi connectivity index (χ0n) is 11.7. The van der Waals surface area contributed by atoms with Gasteiger partial charge in [0.15, 0.2) is 0 Å². The highest BCUT2D eigenvalue weighted by molar-refractivity contribution is 7.09. The molecule has 0 aliphatic rings. The molecule has 0 amide bonds. The Hall–Kier alpha value is -1.95. The van der Waals surface area contributed by atoms with E-state index in [2.05, 4.69) is 38.5 Å². The van der Waals surface area contributed by atoms with Crippen molar-refractivity contribution in [1.82, 2.24) is 19.3 Å². The first-order valence-electron chi connectivity index (χ1n) is 6.65. The fourth-order valence-electron chi connectivity index (χ4n) is 2.16. The van der Waals surface area contributed by atoms with Crippen molar-refractivity contribution in [3.05, 3.63) is 35.9 Å². The number of rotatable bonds is 4. The first-order valence-corrected chi connectivity index (χ1v) is 7.42. The van der Waals surface area contributed by atoms with E-state index in [0.717, 1.165) is 27.8 Å². The standard InChI is InChI=1S/C14H17N5S/c1-8(2)12(18-14-15-9(3)19-20-14)13-16-10-6-4-5-7-11(10)17-13/h4-8,12H,1-3H3,(H,16,17)(H,15,18,19)/t12-/m0/s1. The Labute approximate surface area is 121 Å². The summed E-state index contributed by atoms with van der Waals surface area (Å²) >= 11 is 1.38. The smallest absolute Gasteiger partial charge is 0.203 e. The van der Waals surface area contributed by atoms with Gasteiger partial charge < -0.3 is 10.3 Å². The van der Waals surface area contributed by atoms with Gasteiger partial charge in [-0.3, -0.25) is 0 Å². The summed E-state index contributed by atoms with van der Waals surface area (Å²) in [5.74, 6) is 2.12. The number of nitrogens with one attached hydrogen (secondary N) is 2. The van der Waals surface area contributed by atoms with Gasteiger partial charge >= 0.3 is 0 Å². The molecule has 1 atom stereocenters. The van der Waals surface area contributed by atoms with E-state index in [0.29, 0.717) is 5.92 Å². The molecule has 3 aromatic rings. The largest absolute Gasteiger partial charge is 0.350 e. The van der Waals surface area contributed by atoms with Crippen LogP contribution in [0.25, 0.3) is 11.0 Å². The maximum atomic E-state index is 4.68. The van der Waals surface area contributed by atoms with Crippen LogP contribution in [0.5, 0.6) is 0 Å². The summed E-state index contributed by atoms with van der Waals surface area (Å²) in [6, 6.07) is 8.16. The molecule has 20 heavy (non-hydrogen) atoms. The van der Waals surface area contributed by atoms with Crippen LogP contribution < -0.4 is 5.32 Å². The molecule has 2 heterocycles. The first-order chi connectivity index (χ1) is 9.63. The second kappa shape index (κ2) is 5.20. The summed E-state index contributed by atoms with van der Waals surface area (Å²) in [5.41, 5.74) is 2.05. The molecule has 0 saturated heterocycles. The van der Waals surface area contributed by atoms with Gasteiger partial charge in [0, 0.05) is 11.5 Å². The van der Waals surface area contributed by atoms with Gasteiger partial charge in [-0.2, -0.15) is 4.37 Å². The molecule has 0 fully saturated rings. The van der Waals surface area contributed by atoms with E-state index in [-0.39, 0.29) is 6.04 Å². The Bertz CT molecular complexity index is 682. The Morgan fingerprint density at radius 3 is 2.65 bits per heavy atom. The number of nitrogens with zero attached hydrogens (tertiary/aromatic N) is 3. The van der Waals surface area contributed by atoms with Crippen molar-refractivity contribution in [2.75, 3.05) is 5.32 Å². The van der Waals surface area contributed by atoms with Crippen LogP contribution in [0, 0.1) is 12.8 Å². The molecular weight excluding hydrogens is 270 g/mol. The number of hydrogen-bond donors (Lipinski definition) is 2. The predicted octanol–water partition coefficient (Wildman–Crippen LogP) is 3.53. The third kappa shape index (κ3) is 2.51. The van der Waals surface area contributed by atoms with Crippen LogP contribution in [0.15, 0.2) is 24.3 Å².